The molecule has 2 fully saturated rings. The van der Waals surface area contributed by atoms with Gasteiger partial charge in [0.25, 0.3) is 0 Å². The summed E-state index contributed by atoms with van der Waals surface area (Å²) in [6, 6.07) is 8.67. The van der Waals surface area contributed by atoms with E-state index in [1.165, 1.54) is 31.5 Å². The molecule has 0 radical (unpaired) electrons. The molecule has 0 N–H and O–H groups in total. The van der Waals surface area contributed by atoms with Crippen LogP contribution in [-0.4, -0.2) is 14.8 Å². The molecule has 0 spiro atoms. The molecule has 0 saturated heterocycles. The average Bonchev–Trinajstić information content (AvgIpc) is 3.37. The molecule has 2 aromatic rings. The van der Waals surface area contributed by atoms with Crippen molar-refractivity contribution in [3.8, 4) is 0 Å². The van der Waals surface area contributed by atoms with Crippen molar-refractivity contribution < 1.29 is 0 Å². The molecule has 0 bridgehead atoms. The van der Waals surface area contributed by atoms with Crippen molar-refractivity contribution in [2.75, 3.05) is 0 Å². The Balaban J connectivity index is 1.55. The van der Waals surface area contributed by atoms with Gasteiger partial charge in [0.1, 0.15) is 5.82 Å². The second kappa shape index (κ2) is 5.08. The summed E-state index contributed by atoms with van der Waals surface area (Å²) in [7, 11) is 0. The lowest BCUT2D eigenvalue weighted by Gasteiger charge is -2.08. The molecule has 4 rings (SSSR count). The number of thioether (sulfide) groups is 1. The van der Waals surface area contributed by atoms with Gasteiger partial charge >= 0.3 is 0 Å². The number of nitrogens with zero attached hydrogens (tertiary/aromatic N) is 3. The van der Waals surface area contributed by atoms with Crippen LogP contribution in [0, 0.1) is 0 Å². The lowest BCUT2D eigenvalue weighted by molar-refractivity contribution is 0.627. The highest BCUT2D eigenvalue weighted by atomic mass is 35.5. The molecule has 2 aliphatic carbocycles. The highest BCUT2D eigenvalue weighted by molar-refractivity contribution is 7.98. The van der Waals surface area contributed by atoms with Crippen LogP contribution in [0.2, 0.25) is 5.02 Å². The third-order valence-electron chi connectivity index (χ3n) is 3.86. The Morgan fingerprint density at radius 2 is 1.95 bits per heavy atom. The first-order valence-corrected chi connectivity index (χ1v) is 8.50. The largest absolute Gasteiger partial charge is 0.303 e. The van der Waals surface area contributed by atoms with E-state index >= 15 is 0 Å². The quantitative estimate of drug-likeness (QED) is 0.765. The fraction of sp³-hybridized carbons (Fsp3) is 0.467. The molecule has 3 nitrogen and oxygen atoms in total. The Morgan fingerprint density at radius 1 is 1.15 bits per heavy atom. The minimum Gasteiger partial charge on any atom is -0.303 e. The number of rotatable bonds is 5. The fourth-order valence-electron chi connectivity index (χ4n) is 2.44. The molecule has 1 heterocycles. The first kappa shape index (κ1) is 12.7. The van der Waals surface area contributed by atoms with E-state index in [1.54, 1.807) is 11.8 Å². The average molecular weight is 306 g/mol. The van der Waals surface area contributed by atoms with Crippen LogP contribution < -0.4 is 0 Å². The summed E-state index contributed by atoms with van der Waals surface area (Å²) in [6.45, 7) is 0. The Bertz CT molecular complexity index is 632. The zero-order chi connectivity index (χ0) is 13.5. The van der Waals surface area contributed by atoms with Gasteiger partial charge in [-0.3, -0.25) is 0 Å². The van der Waals surface area contributed by atoms with Crippen molar-refractivity contribution in [3.05, 3.63) is 40.7 Å². The van der Waals surface area contributed by atoms with Gasteiger partial charge in [-0.25, -0.2) is 0 Å². The molecule has 104 valence electrons. The van der Waals surface area contributed by atoms with Crippen molar-refractivity contribution in [2.45, 2.75) is 48.6 Å². The molecule has 0 aliphatic heterocycles. The second-order valence-electron chi connectivity index (χ2n) is 5.60. The molecule has 1 aromatic carbocycles. The lowest BCUT2D eigenvalue weighted by Crippen LogP contribution is -2.01. The summed E-state index contributed by atoms with van der Waals surface area (Å²) in [5.74, 6) is 2.74. The zero-order valence-electron chi connectivity index (χ0n) is 11.1. The molecule has 20 heavy (non-hydrogen) atoms. The Labute approximate surface area is 127 Å². The highest BCUT2D eigenvalue weighted by Crippen LogP contribution is 2.46. The van der Waals surface area contributed by atoms with E-state index in [9.17, 15) is 0 Å². The molecule has 2 aliphatic rings. The third kappa shape index (κ3) is 2.47. The van der Waals surface area contributed by atoms with Crippen LogP contribution in [-0.2, 0) is 5.75 Å². The molecule has 0 atom stereocenters. The van der Waals surface area contributed by atoms with Crippen LogP contribution in [0.3, 0.4) is 0 Å². The molecule has 1 aromatic heterocycles. The fourth-order valence-corrected chi connectivity index (χ4v) is 3.74. The summed E-state index contributed by atoms with van der Waals surface area (Å²) < 4.78 is 2.39. The van der Waals surface area contributed by atoms with Gasteiger partial charge in [-0.2, -0.15) is 0 Å². The summed E-state index contributed by atoms with van der Waals surface area (Å²) in [6.07, 6.45) is 5.11. The van der Waals surface area contributed by atoms with Gasteiger partial charge in [0.15, 0.2) is 5.16 Å². The van der Waals surface area contributed by atoms with Gasteiger partial charge in [-0.1, -0.05) is 41.6 Å². The minimum absolute atomic E-state index is 0.648. The normalized spacial score (nSPS) is 18.4. The second-order valence-corrected chi connectivity index (χ2v) is 6.95. The number of halogens is 1. The van der Waals surface area contributed by atoms with Crippen molar-refractivity contribution >= 4 is 23.4 Å². The first-order valence-electron chi connectivity index (χ1n) is 7.14. The summed E-state index contributed by atoms with van der Waals surface area (Å²) in [5.41, 5.74) is 1.16. The van der Waals surface area contributed by atoms with E-state index in [0.29, 0.717) is 12.0 Å². The van der Waals surface area contributed by atoms with Gasteiger partial charge in [0.2, 0.25) is 0 Å². The van der Waals surface area contributed by atoms with Crippen molar-refractivity contribution in [3.63, 3.8) is 0 Å². The van der Waals surface area contributed by atoms with Gasteiger partial charge in [0.05, 0.1) is 0 Å². The molecule has 0 amide bonds. The topological polar surface area (TPSA) is 30.7 Å². The maximum Gasteiger partial charge on any atom is 0.191 e. The van der Waals surface area contributed by atoms with E-state index in [1.807, 2.05) is 18.2 Å². The van der Waals surface area contributed by atoms with Crippen molar-refractivity contribution in [1.29, 1.82) is 0 Å². The van der Waals surface area contributed by atoms with Crippen LogP contribution >= 0.6 is 23.4 Å². The zero-order valence-corrected chi connectivity index (χ0v) is 12.7. The lowest BCUT2D eigenvalue weighted by atomic mass is 10.2. The van der Waals surface area contributed by atoms with Crippen LogP contribution in [0.4, 0.5) is 0 Å². The Kier molecular flexibility index (Phi) is 3.23. The van der Waals surface area contributed by atoms with E-state index in [0.717, 1.165) is 21.5 Å². The molecular formula is C15H16ClN3S. The molecule has 0 unspecified atom stereocenters. The molecular weight excluding hydrogens is 290 g/mol. The predicted octanol–water partition coefficient (Wildman–Crippen LogP) is 4.44. The number of aromatic nitrogens is 3. The van der Waals surface area contributed by atoms with Gasteiger partial charge in [0, 0.05) is 22.7 Å². The van der Waals surface area contributed by atoms with E-state index in [-0.39, 0.29) is 0 Å². The van der Waals surface area contributed by atoms with Crippen molar-refractivity contribution in [2.24, 2.45) is 0 Å². The summed E-state index contributed by atoms with van der Waals surface area (Å²) in [5, 5.41) is 10.7. The Morgan fingerprint density at radius 3 is 2.65 bits per heavy atom. The summed E-state index contributed by atoms with van der Waals surface area (Å²) in [4.78, 5) is 0. The van der Waals surface area contributed by atoms with Crippen molar-refractivity contribution in [1.82, 2.24) is 14.8 Å². The minimum atomic E-state index is 0.648. The maximum atomic E-state index is 6.21. The smallest absolute Gasteiger partial charge is 0.191 e. The van der Waals surface area contributed by atoms with Gasteiger partial charge in [-0.15, -0.1) is 10.2 Å². The number of hydrogen-bond acceptors (Lipinski definition) is 3. The number of hydrogen-bond donors (Lipinski definition) is 0. The van der Waals surface area contributed by atoms with E-state index < -0.39 is 0 Å². The van der Waals surface area contributed by atoms with Crippen LogP contribution in [0.25, 0.3) is 0 Å². The van der Waals surface area contributed by atoms with E-state index in [2.05, 4.69) is 20.8 Å². The van der Waals surface area contributed by atoms with Gasteiger partial charge in [-0.05, 0) is 37.3 Å². The standard InChI is InChI=1S/C15H16ClN3S/c16-13-4-2-1-3-11(13)9-20-15-18-17-14(10-5-6-10)19(15)12-7-8-12/h1-4,10,12H,5-9H2. The molecule has 5 heteroatoms. The predicted molar refractivity (Wildman–Crippen MR) is 81.3 cm³/mol. The monoisotopic (exact) mass is 305 g/mol. The van der Waals surface area contributed by atoms with Crippen LogP contribution in [0.15, 0.2) is 29.4 Å². The van der Waals surface area contributed by atoms with Crippen LogP contribution in [0.5, 0.6) is 0 Å². The van der Waals surface area contributed by atoms with E-state index in [4.69, 9.17) is 11.6 Å². The third-order valence-corrected chi connectivity index (χ3v) is 5.22. The van der Waals surface area contributed by atoms with Gasteiger partial charge < -0.3 is 4.57 Å². The highest BCUT2D eigenvalue weighted by Gasteiger charge is 2.36. The molecule has 2 saturated carbocycles. The SMILES string of the molecule is Clc1ccccc1CSc1nnc(C2CC2)n1C1CC1. The first-order chi connectivity index (χ1) is 9.83. The number of benzene rings is 1. The summed E-state index contributed by atoms with van der Waals surface area (Å²) >= 11 is 7.97. The van der Waals surface area contributed by atoms with Crippen LogP contribution in [0.1, 0.15) is 49.0 Å². The Hall–Kier alpha value is -1.00. The maximum absolute atomic E-state index is 6.21.